The molecule has 1 unspecified atom stereocenters. The number of alkyl halides is 1. The number of hydrogen-bond donors (Lipinski definition) is 0. The molecule has 1 aromatic carbocycles. The lowest BCUT2D eigenvalue weighted by Gasteiger charge is -2.29. The van der Waals surface area contributed by atoms with Crippen LogP contribution in [0, 0.1) is 11.8 Å². The normalized spacial score (nSPS) is 19.2. The summed E-state index contributed by atoms with van der Waals surface area (Å²) in [5, 5.41) is 0.887. The summed E-state index contributed by atoms with van der Waals surface area (Å²) in [5.41, 5.74) is 1.25. The first-order valence-corrected chi connectivity index (χ1v) is 7.52. The van der Waals surface area contributed by atoms with Crippen molar-refractivity contribution in [1.29, 1.82) is 0 Å². The van der Waals surface area contributed by atoms with Gasteiger partial charge in [-0.05, 0) is 29.9 Å². The molecule has 1 saturated carbocycles. The van der Waals surface area contributed by atoms with E-state index < -0.39 is 0 Å². The molecule has 0 radical (unpaired) electrons. The molecule has 0 amide bonds. The molecule has 0 bridgehead atoms. The van der Waals surface area contributed by atoms with Crippen molar-refractivity contribution < 1.29 is 0 Å². The van der Waals surface area contributed by atoms with E-state index in [9.17, 15) is 0 Å². The van der Waals surface area contributed by atoms with Gasteiger partial charge in [0.15, 0.2) is 0 Å². The molecule has 0 aliphatic heterocycles. The maximum Gasteiger partial charge on any atom is 0.0438 e. The zero-order valence-electron chi connectivity index (χ0n) is 10.2. The molecule has 0 N–H and O–H groups in total. The van der Waals surface area contributed by atoms with E-state index in [2.05, 4.69) is 12.1 Å². The maximum atomic E-state index is 6.22. The number of rotatable bonds is 4. The van der Waals surface area contributed by atoms with E-state index in [1.807, 2.05) is 12.1 Å². The summed E-state index contributed by atoms with van der Waals surface area (Å²) in [6, 6.07) is 8.16. The van der Waals surface area contributed by atoms with E-state index in [0.29, 0.717) is 5.92 Å². The first kappa shape index (κ1) is 13.2. The van der Waals surface area contributed by atoms with E-state index in [4.69, 9.17) is 23.2 Å². The van der Waals surface area contributed by atoms with Crippen LogP contribution in [0.25, 0.3) is 0 Å². The standard InChI is InChI=1S/C15H20Cl2/c16-11-14(12-6-2-1-3-7-12)10-13-8-4-5-9-15(13)17/h4-5,8-9,12,14H,1-3,6-7,10-11H2. The molecule has 1 aliphatic rings. The molecule has 1 aliphatic carbocycles. The third-order valence-electron chi connectivity index (χ3n) is 3.95. The quantitative estimate of drug-likeness (QED) is 0.650. The highest BCUT2D eigenvalue weighted by atomic mass is 35.5. The summed E-state index contributed by atoms with van der Waals surface area (Å²) in [5.74, 6) is 2.16. The molecular formula is C15H20Cl2. The molecule has 2 heteroatoms. The molecule has 0 nitrogen and oxygen atoms in total. The van der Waals surface area contributed by atoms with Crippen molar-refractivity contribution in [2.24, 2.45) is 11.8 Å². The highest BCUT2D eigenvalue weighted by Crippen LogP contribution is 2.33. The summed E-state index contributed by atoms with van der Waals surface area (Å²) in [6.45, 7) is 0. The smallest absolute Gasteiger partial charge is 0.0438 e. The van der Waals surface area contributed by atoms with Crippen molar-refractivity contribution in [1.82, 2.24) is 0 Å². The zero-order chi connectivity index (χ0) is 12.1. The molecule has 0 spiro atoms. The topological polar surface area (TPSA) is 0 Å². The summed E-state index contributed by atoms with van der Waals surface area (Å²) in [4.78, 5) is 0. The number of benzene rings is 1. The van der Waals surface area contributed by atoms with Crippen molar-refractivity contribution in [3.63, 3.8) is 0 Å². The van der Waals surface area contributed by atoms with Crippen LogP contribution in [0.1, 0.15) is 37.7 Å². The fraction of sp³-hybridized carbons (Fsp3) is 0.600. The monoisotopic (exact) mass is 270 g/mol. The lowest BCUT2D eigenvalue weighted by molar-refractivity contribution is 0.265. The highest BCUT2D eigenvalue weighted by molar-refractivity contribution is 6.31. The minimum Gasteiger partial charge on any atom is -0.126 e. The molecule has 0 saturated heterocycles. The molecule has 0 aromatic heterocycles. The Morgan fingerprint density at radius 3 is 2.47 bits per heavy atom. The molecule has 1 aromatic rings. The van der Waals surface area contributed by atoms with Crippen molar-refractivity contribution >= 4 is 23.2 Å². The second-order valence-corrected chi connectivity index (χ2v) is 5.82. The summed E-state index contributed by atoms with van der Waals surface area (Å²) >= 11 is 12.4. The van der Waals surface area contributed by atoms with Gasteiger partial charge in [-0.3, -0.25) is 0 Å². The van der Waals surface area contributed by atoms with E-state index in [0.717, 1.165) is 23.2 Å². The Kier molecular flexibility index (Phi) is 5.18. The average molecular weight is 271 g/mol. The van der Waals surface area contributed by atoms with Gasteiger partial charge in [-0.15, -0.1) is 11.6 Å². The Morgan fingerprint density at radius 2 is 1.82 bits per heavy atom. The minimum atomic E-state index is 0.594. The zero-order valence-corrected chi connectivity index (χ0v) is 11.7. The van der Waals surface area contributed by atoms with E-state index in [1.165, 1.54) is 37.7 Å². The van der Waals surface area contributed by atoms with Crippen molar-refractivity contribution in [2.45, 2.75) is 38.5 Å². The Bertz CT molecular complexity index is 343. The minimum absolute atomic E-state index is 0.594. The lowest BCUT2D eigenvalue weighted by Crippen LogP contribution is -2.21. The van der Waals surface area contributed by atoms with Crippen LogP contribution < -0.4 is 0 Å². The Morgan fingerprint density at radius 1 is 1.12 bits per heavy atom. The van der Waals surface area contributed by atoms with E-state index >= 15 is 0 Å². The predicted octanol–water partition coefficient (Wildman–Crippen LogP) is 5.32. The van der Waals surface area contributed by atoms with Gasteiger partial charge in [0.2, 0.25) is 0 Å². The third kappa shape index (κ3) is 3.63. The third-order valence-corrected chi connectivity index (χ3v) is 4.72. The van der Waals surface area contributed by atoms with E-state index in [1.54, 1.807) is 0 Å². The van der Waals surface area contributed by atoms with Crippen LogP contribution in [0.5, 0.6) is 0 Å². The molecule has 17 heavy (non-hydrogen) atoms. The Hall–Kier alpha value is -0.200. The molecule has 1 atom stereocenters. The van der Waals surface area contributed by atoms with Crippen LogP contribution in [-0.2, 0) is 6.42 Å². The molecule has 94 valence electrons. The lowest BCUT2D eigenvalue weighted by atomic mass is 9.78. The van der Waals surface area contributed by atoms with Gasteiger partial charge in [0, 0.05) is 10.9 Å². The Balaban J connectivity index is 2.01. The van der Waals surface area contributed by atoms with Gasteiger partial charge in [0.25, 0.3) is 0 Å². The van der Waals surface area contributed by atoms with Gasteiger partial charge in [-0.1, -0.05) is 61.9 Å². The van der Waals surface area contributed by atoms with Gasteiger partial charge < -0.3 is 0 Å². The fourth-order valence-electron chi connectivity index (χ4n) is 2.90. The van der Waals surface area contributed by atoms with Crippen molar-refractivity contribution in [2.75, 3.05) is 5.88 Å². The van der Waals surface area contributed by atoms with Gasteiger partial charge >= 0.3 is 0 Å². The largest absolute Gasteiger partial charge is 0.126 e. The predicted molar refractivity (Wildman–Crippen MR) is 75.9 cm³/mol. The van der Waals surface area contributed by atoms with Crippen LogP contribution in [0.4, 0.5) is 0 Å². The molecule has 2 rings (SSSR count). The molecule has 1 fully saturated rings. The average Bonchev–Trinajstić information content (AvgIpc) is 2.39. The van der Waals surface area contributed by atoms with Crippen LogP contribution in [-0.4, -0.2) is 5.88 Å². The van der Waals surface area contributed by atoms with Gasteiger partial charge in [0.05, 0.1) is 0 Å². The molecule has 0 heterocycles. The maximum absolute atomic E-state index is 6.22. The van der Waals surface area contributed by atoms with Crippen LogP contribution >= 0.6 is 23.2 Å². The second kappa shape index (κ2) is 6.66. The molecular weight excluding hydrogens is 251 g/mol. The van der Waals surface area contributed by atoms with E-state index in [-0.39, 0.29) is 0 Å². The summed E-state index contributed by atoms with van der Waals surface area (Å²) in [6.07, 6.45) is 7.89. The summed E-state index contributed by atoms with van der Waals surface area (Å²) in [7, 11) is 0. The first-order chi connectivity index (χ1) is 8.31. The van der Waals surface area contributed by atoms with Crippen LogP contribution in [0.3, 0.4) is 0 Å². The Labute approximate surface area is 114 Å². The summed E-state index contributed by atoms with van der Waals surface area (Å²) < 4.78 is 0. The van der Waals surface area contributed by atoms with Crippen LogP contribution in [0.15, 0.2) is 24.3 Å². The number of halogens is 2. The number of hydrogen-bond acceptors (Lipinski definition) is 0. The van der Waals surface area contributed by atoms with Gasteiger partial charge in [-0.2, -0.15) is 0 Å². The fourth-order valence-corrected chi connectivity index (χ4v) is 3.47. The first-order valence-electron chi connectivity index (χ1n) is 6.60. The van der Waals surface area contributed by atoms with Gasteiger partial charge in [-0.25, -0.2) is 0 Å². The second-order valence-electron chi connectivity index (χ2n) is 5.11. The SMILES string of the molecule is ClCC(Cc1ccccc1Cl)C1CCCCC1. The highest BCUT2D eigenvalue weighted by Gasteiger charge is 2.23. The van der Waals surface area contributed by atoms with Crippen molar-refractivity contribution in [3.8, 4) is 0 Å². The van der Waals surface area contributed by atoms with Crippen molar-refractivity contribution in [3.05, 3.63) is 34.9 Å². The van der Waals surface area contributed by atoms with Gasteiger partial charge in [0.1, 0.15) is 0 Å². The van der Waals surface area contributed by atoms with Crippen LogP contribution in [0.2, 0.25) is 5.02 Å².